The third kappa shape index (κ3) is 2.84. The Morgan fingerprint density at radius 2 is 1.81 bits per heavy atom. The van der Waals surface area contributed by atoms with E-state index >= 15 is 0 Å². The monoisotopic (exact) mass is 350 g/mol. The number of fused-ring (bicyclic) bond motifs is 1. The first-order valence-electron chi connectivity index (χ1n) is 7.41. The summed E-state index contributed by atoms with van der Waals surface area (Å²) in [5.41, 5.74) is 0.905. The van der Waals surface area contributed by atoms with Crippen molar-refractivity contribution in [3.05, 3.63) is 28.7 Å². The summed E-state index contributed by atoms with van der Waals surface area (Å²) in [6, 6.07) is 7.70. The molecule has 3 atom stereocenters. The fourth-order valence-electron chi connectivity index (χ4n) is 3.35. The van der Waals surface area contributed by atoms with E-state index < -0.39 is 0 Å². The summed E-state index contributed by atoms with van der Waals surface area (Å²) in [6.45, 7) is 2.43. The number of nitrogens with zero attached hydrogens (tertiary/aromatic N) is 1. The summed E-state index contributed by atoms with van der Waals surface area (Å²) < 4.78 is 1.00. The van der Waals surface area contributed by atoms with E-state index in [0.717, 1.165) is 29.4 Å². The van der Waals surface area contributed by atoms with Gasteiger partial charge in [0.05, 0.1) is 18.5 Å². The minimum absolute atomic E-state index is 0.00108. The number of hydrogen-bond acceptors (Lipinski definition) is 3. The van der Waals surface area contributed by atoms with Gasteiger partial charge < -0.3 is 5.32 Å². The van der Waals surface area contributed by atoms with Crippen LogP contribution in [0.2, 0.25) is 0 Å². The Hall–Kier alpha value is -1.36. The molecule has 5 heteroatoms. The van der Waals surface area contributed by atoms with Crippen LogP contribution in [-0.2, 0) is 9.59 Å². The van der Waals surface area contributed by atoms with Gasteiger partial charge in [-0.25, -0.2) is 0 Å². The fraction of sp³-hybridized carbons (Fsp3) is 0.500. The van der Waals surface area contributed by atoms with Crippen LogP contribution in [0, 0.1) is 17.8 Å². The number of carbonyl (C=O) groups is 2. The molecule has 1 aromatic rings. The van der Waals surface area contributed by atoms with E-state index in [1.165, 1.54) is 4.90 Å². The minimum atomic E-state index is -0.0898. The van der Waals surface area contributed by atoms with Crippen LogP contribution >= 0.6 is 15.9 Å². The second-order valence-corrected chi connectivity index (χ2v) is 6.99. The van der Waals surface area contributed by atoms with Crippen LogP contribution in [-0.4, -0.2) is 23.4 Å². The van der Waals surface area contributed by atoms with E-state index in [-0.39, 0.29) is 30.3 Å². The first kappa shape index (κ1) is 14.6. The van der Waals surface area contributed by atoms with E-state index in [1.54, 1.807) is 0 Å². The maximum absolute atomic E-state index is 12.4. The second-order valence-electron chi connectivity index (χ2n) is 6.08. The SMILES string of the molecule is C[C@H]1CC[C@H]2C(=O)N(CNc3ccc(Br)cc3)C(=O)[C@@H]2C1. The van der Waals surface area contributed by atoms with E-state index in [1.807, 2.05) is 24.3 Å². The molecule has 1 saturated carbocycles. The van der Waals surface area contributed by atoms with Crippen LogP contribution in [0.15, 0.2) is 28.7 Å². The van der Waals surface area contributed by atoms with Gasteiger partial charge in [0.1, 0.15) is 0 Å². The molecular weight excluding hydrogens is 332 g/mol. The van der Waals surface area contributed by atoms with Crippen LogP contribution in [0.5, 0.6) is 0 Å². The van der Waals surface area contributed by atoms with Gasteiger partial charge in [-0.15, -0.1) is 0 Å². The lowest BCUT2D eigenvalue weighted by Gasteiger charge is -2.25. The van der Waals surface area contributed by atoms with Gasteiger partial charge in [0.15, 0.2) is 0 Å². The first-order chi connectivity index (χ1) is 10.1. The van der Waals surface area contributed by atoms with Crippen molar-refractivity contribution in [3.63, 3.8) is 0 Å². The molecule has 1 N–H and O–H groups in total. The fourth-order valence-corrected chi connectivity index (χ4v) is 3.62. The molecule has 1 heterocycles. The number of carbonyl (C=O) groups excluding carboxylic acids is 2. The molecule has 2 amide bonds. The van der Waals surface area contributed by atoms with Crippen LogP contribution in [0.4, 0.5) is 5.69 Å². The van der Waals surface area contributed by atoms with Crippen LogP contribution in [0.1, 0.15) is 26.2 Å². The average molecular weight is 351 g/mol. The highest BCUT2D eigenvalue weighted by Gasteiger charge is 2.49. The Balaban J connectivity index is 1.67. The molecule has 1 saturated heterocycles. The molecule has 0 spiro atoms. The number of nitrogens with one attached hydrogen (secondary N) is 1. The molecule has 0 aromatic heterocycles. The van der Waals surface area contributed by atoms with Crippen molar-refractivity contribution in [2.45, 2.75) is 26.2 Å². The highest BCUT2D eigenvalue weighted by Crippen LogP contribution is 2.40. The zero-order valence-corrected chi connectivity index (χ0v) is 13.6. The van der Waals surface area contributed by atoms with E-state index in [0.29, 0.717) is 5.92 Å². The number of hydrogen-bond donors (Lipinski definition) is 1. The molecule has 21 heavy (non-hydrogen) atoms. The third-order valence-corrected chi connectivity index (χ3v) is 5.09. The molecule has 2 fully saturated rings. The maximum atomic E-state index is 12.4. The van der Waals surface area contributed by atoms with Crippen LogP contribution in [0.25, 0.3) is 0 Å². The molecule has 1 aliphatic heterocycles. The number of halogens is 1. The van der Waals surface area contributed by atoms with Crippen molar-refractivity contribution in [2.24, 2.45) is 17.8 Å². The van der Waals surface area contributed by atoms with Crippen molar-refractivity contribution in [1.82, 2.24) is 4.90 Å². The predicted molar refractivity (Wildman–Crippen MR) is 84.5 cm³/mol. The number of rotatable bonds is 3. The summed E-state index contributed by atoms with van der Waals surface area (Å²) in [5, 5.41) is 3.16. The molecule has 112 valence electrons. The summed E-state index contributed by atoms with van der Waals surface area (Å²) in [5.74, 6) is 0.374. The molecule has 1 aromatic carbocycles. The van der Waals surface area contributed by atoms with Crippen LogP contribution < -0.4 is 5.32 Å². The minimum Gasteiger partial charge on any atom is -0.367 e. The number of benzene rings is 1. The molecule has 3 rings (SSSR count). The summed E-state index contributed by atoms with van der Waals surface area (Å²) >= 11 is 3.38. The Labute approximate surface area is 133 Å². The van der Waals surface area contributed by atoms with Gasteiger partial charge in [0, 0.05) is 10.2 Å². The lowest BCUT2D eigenvalue weighted by atomic mass is 9.76. The molecule has 0 radical (unpaired) electrons. The summed E-state index contributed by atoms with van der Waals surface area (Å²) in [4.78, 5) is 26.2. The predicted octanol–water partition coefficient (Wildman–Crippen LogP) is 3.24. The molecule has 1 aliphatic carbocycles. The van der Waals surface area contributed by atoms with E-state index in [9.17, 15) is 9.59 Å². The van der Waals surface area contributed by atoms with E-state index in [2.05, 4.69) is 28.2 Å². The highest BCUT2D eigenvalue weighted by molar-refractivity contribution is 9.10. The lowest BCUT2D eigenvalue weighted by molar-refractivity contribution is -0.139. The Morgan fingerprint density at radius 1 is 1.14 bits per heavy atom. The van der Waals surface area contributed by atoms with Gasteiger partial charge in [-0.3, -0.25) is 14.5 Å². The Morgan fingerprint density at radius 3 is 2.52 bits per heavy atom. The largest absolute Gasteiger partial charge is 0.367 e. The van der Waals surface area contributed by atoms with Gasteiger partial charge in [-0.05, 0) is 49.4 Å². The Kier molecular flexibility index (Phi) is 4.02. The quantitative estimate of drug-likeness (QED) is 0.851. The Bertz CT molecular complexity index is 558. The van der Waals surface area contributed by atoms with Crippen LogP contribution in [0.3, 0.4) is 0 Å². The smallest absolute Gasteiger partial charge is 0.234 e. The second kappa shape index (κ2) is 5.79. The van der Waals surface area contributed by atoms with E-state index in [4.69, 9.17) is 0 Å². The topological polar surface area (TPSA) is 49.4 Å². The van der Waals surface area contributed by atoms with Crippen molar-refractivity contribution in [2.75, 3.05) is 12.0 Å². The van der Waals surface area contributed by atoms with Gasteiger partial charge in [-0.1, -0.05) is 22.9 Å². The standard InChI is InChI=1S/C16H19BrN2O2/c1-10-2-7-13-14(8-10)16(21)19(15(13)20)9-18-12-5-3-11(17)4-6-12/h3-6,10,13-14,18H,2,7-9H2,1H3/t10-,13+,14+/m0/s1. The van der Waals surface area contributed by atoms with Gasteiger partial charge in [-0.2, -0.15) is 0 Å². The molecule has 4 nitrogen and oxygen atoms in total. The zero-order valence-electron chi connectivity index (χ0n) is 12.0. The van der Waals surface area contributed by atoms with Crippen molar-refractivity contribution < 1.29 is 9.59 Å². The number of likely N-dealkylation sites (tertiary alicyclic amines) is 1. The van der Waals surface area contributed by atoms with Gasteiger partial charge in [0.2, 0.25) is 11.8 Å². The lowest BCUT2D eigenvalue weighted by Crippen LogP contribution is -2.35. The molecular formula is C16H19BrN2O2. The maximum Gasteiger partial charge on any atom is 0.234 e. The molecule has 0 bridgehead atoms. The normalized spacial score (nSPS) is 28.7. The summed E-state index contributed by atoms with van der Waals surface area (Å²) in [7, 11) is 0. The zero-order chi connectivity index (χ0) is 15.0. The van der Waals surface area contributed by atoms with Gasteiger partial charge >= 0.3 is 0 Å². The summed E-state index contributed by atoms with van der Waals surface area (Å²) in [6.07, 6.45) is 2.75. The third-order valence-electron chi connectivity index (χ3n) is 4.56. The molecule has 2 aliphatic rings. The van der Waals surface area contributed by atoms with Crippen molar-refractivity contribution in [3.8, 4) is 0 Å². The number of anilines is 1. The average Bonchev–Trinajstić information content (AvgIpc) is 2.70. The first-order valence-corrected chi connectivity index (χ1v) is 8.20. The highest BCUT2D eigenvalue weighted by atomic mass is 79.9. The van der Waals surface area contributed by atoms with Crippen molar-refractivity contribution in [1.29, 1.82) is 0 Å². The van der Waals surface area contributed by atoms with Crippen molar-refractivity contribution >= 4 is 33.4 Å². The number of imide groups is 1. The molecule has 0 unspecified atom stereocenters. The van der Waals surface area contributed by atoms with Gasteiger partial charge in [0.25, 0.3) is 0 Å². The number of amides is 2.